The summed E-state index contributed by atoms with van der Waals surface area (Å²) < 4.78 is 5.80. The normalized spacial score (nSPS) is 1.14. The smallest absolute Gasteiger partial charge is 0 e. The Kier molecular flexibility index (Phi) is 275. The summed E-state index contributed by atoms with van der Waals surface area (Å²) in [5.74, 6) is 0. The molecule has 0 aliphatic rings. The van der Waals surface area contributed by atoms with Crippen molar-refractivity contribution in [3.05, 3.63) is 0 Å². The van der Waals surface area contributed by atoms with Gasteiger partial charge in [-0.2, -0.15) is 0 Å². The molecular weight excluding hydrogens is 523 g/mol. The van der Waals surface area contributed by atoms with Crippen LogP contribution in [0.1, 0.15) is 0 Å². The molecule has 0 aromatic heterocycles. The first kappa shape index (κ1) is 31.9. The van der Waals surface area contributed by atoms with Crippen molar-refractivity contribution in [1.82, 2.24) is 0 Å². The van der Waals surface area contributed by atoms with E-state index in [9.17, 15) is 0 Å². The van der Waals surface area contributed by atoms with Gasteiger partial charge in [-0.15, -0.1) is 0 Å². The van der Waals surface area contributed by atoms with Crippen molar-refractivity contribution >= 4 is 112 Å². The summed E-state index contributed by atoms with van der Waals surface area (Å²) in [6, 6.07) is 0. The Balaban J connectivity index is -0.00000000267. The van der Waals surface area contributed by atoms with Gasteiger partial charge in [-0.1, -0.05) is 0 Å². The summed E-state index contributed by atoms with van der Waals surface area (Å²) in [5, 5.41) is 0. The molecule has 0 rings (SSSR count). The maximum absolute atomic E-state index is 5.80. The third-order valence-electron chi connectivity index (χ3n) is 0. The van der Waals surface area contributed by atoms with Gasteiger partial charge in [-0.3, -0.25) is 0 Å². The first-order valence-corrected chi connectivity index (χ1v) is 1.83. The summed E-state index contributed by atoms with van der Waals surface area (Å²) in [5.41, 5.74) is 0. The van der Waals surface area contributed by atoms with Crippen molar-refractivity contribution in [2.24, 2.45) is 0 Å². The maximum Gasteiger partial charge on any atom is 0 e. The molecule has 0 saturated carbocycles. The fourth-order valence-electron chi connectivity index (χ4n) is 0. The van der Waals surface area contributed by atoms with Crippen LogP contribution >= 0.6 is 0 Å². The van der Waals surface area contributed by atoms with E-state index in [1.165, 1.54) is 0 Å². The van der Waals surface area contributed by atoms with E-state index >= 15 is 0 Å². The fraction of sp³-hybridized carbons (Fsp3) is 0. The number of rotatable bonds is 0. The molecule has 0 spiro atoms. The van der Waals surface area contributed by atoms with Gasteiger partial charge in [0, 0.05) is 88.8 Å². The van der Waals surface area contributed by atoms with Gasteiger partial charge in [-0.25, -0.2) is 0 Å². The van der Waals surface area contributed by atoms with Crippen molar-refractivity contribution in [1.29, 1.82) is 3.51 Å². The minimum Gasteiger partial charge on any atom is 0 e. The summed E-state index contributed by atoms with van der Waals surface area (Å²) >= 11 is 1.00. The van der Waals surface area contributed by atoms with Crippen LogP contribution in [0.4, 0.5) is 0 Å². The van der Waals surface area contributed by atoms with Gasteiger partial charge in [0.25, 0.3) is 0 Å². The number of nitrogens with one attached hydrogen (secondary N) is 1. The van der Waals surface area contributed by atoms with Crippen molar-refractivity contribution in [2.45, 2.75) is 0 Å². The fourth-order valence-corrected chi connectivity index (χ4v) is 0. The van der Waals surface area contributed by atoms with Crippen LogP contribution in [0.15, 0.2) is 0 Å². The molecule has 0 saturated heterocycles. The van der Waals surface area contributed by atoms with Gasteiger partial charge >= 0.3 is 26.4 Å². The van der Waals surface area contributed by atoms with Gasteiger partial charge in [-0.05, 0) is 0 Å². The van der Waals surface area contributed by atoms with Crippen LogP contribution in [0.3, 0.4) is 0 Å². The van der Waals surface area contributed by atoms with Crippen molar-refractivity contribution in [3.63, 3.8) is 0 Å². The maximum atomic E-state index is 5.80. The third kappa shape index (κ3) is 46.5. The minimum absolute atomic E-state index is 0. The number of hydrogen-bond donors (Lipinski definition) is 1. The predicted octanol–water partition coefficient (Wildman–Crippen LogP) is -1.99. The molecule has 0 atom stereocenters. The first-order chi connectivity index (χ1) is 2.00. The molecule has 7 heteroatoms. The van der Waals surface area contributed by atoms with Crippen molar-refractivity contribution < 1.29 is 0 Å². The second-order valence-corrected chi connectivity index (χ2v) is 0. The molecular formula is HB2NSb4. The third-order valence-corrected chi connectivity index (χ3v) is 0. The molecule has 32 valence electrons. The quantitative estimate of drug-likeness (QED) is 0.356. The molecule has 0 aromatic carbocycles. The Morgan fingerprint density at radius 2 is 0.857 bits per heavy atom. The van der Waals surface area contributed by atoms with Gasteiger partial charge in [0.2, 0.25) is 0 Å². The zero-order valence-electron chi connectivity index (χ0n) is 3.44. The second kappa shape index (κ2) is 60.4. The largest absolute Gasteiger partial charge is 0 e. The molecule has 0 aliphatic carbocycles. The molecule has 1 N–H and O–H groups in total. The average molecular weight is 524 g/mol. The van der Waals surface area contributed by atoms with E-state index in [0.29, 0.717) is 0 Å². The van der Waals surface area contributed by atoms with Crippen LogP contribution in [-0.4, -0.2) is 112 Å². The molecule has 14 radical (unpaired) electrons. The van der Waals surface area contributed by atoms with Gasteiger partial charge in [0.1, 0.15) is 0 Å². The number of hydrogen-bond acceptors (Lipinski definition) is 1. The Hall–Kier alpha value is 3.20. The van der Waals surface area contributed by atoms with Gasteiger partial charge in [0.15, 0.2) is 0 Å². The Morgan fingerprint density at radius 1 is 0.857 bits per heavy atom. The van der Waals surface area contributed by atoms with Crippen LogP contribution < -0.4 is 0 Å². The van der Waals surface area contributed by atoms with E-state index in [4.69, 9.17) is 3.51 Å². The molecule has 0 unspecified atom stereocenters. The topological polar surface area (TPSA) is 23.9 Å². The van der Waals surface area contributed by atoms with Crippen LogP contribution in [0.25, 0.3) is 0 Å². The molecule has 0 aromatic rings. The monoisotopic (exact) mass is 521 g/mol. The van der Waals surface area contributed by atoms with E-state index in [1.807, 2.05) is 0 Å². The summed E-state index contributed by atoms with van der Waals surface area (Å²) in [7, 11) is 8.00. The van der Waals surface area contributed by atoms with Gasteiger partial charge in [0.05, 0.1) is 0 Å². The summed E-state index contributed by atoms with van der Waals surface area (Å²) in [6.45, 7) is 0. The molecule has 7 heavy (non-hydrogen) atoms. The second-order valence-electron chi connectivity index (χ2n) is 0. The van der Waals surface area contributed by atoms with Crippen molar-refractivity contribution in [2.75, 3.05) is 0 Å². The summed E-state index contributed by atoms with van der Waals surface area (Å²) in [4.78, 5) is 0. The van der Waals surface area contributed by atoms with E-state index in [2.05, 4.69) is 15.5 Å². The van der Waals surface area contributed by atoms with Gasteiger partial charge < -0.3 is 0 Å². The van der Waals surface area contributed by atoms with E-state index in [1.54, 1.807) is 0 Å². The zero-order chi connectivity index (χ0) is 4.00. The molecule has 0 amide bonds. The summed E-state index contributed by atoms with van der Waals surface area (Å²) in [6.07, 6.45) is 0. The zero-order valence-corrected chi connectivity index (χ0v) is 13.7. The molecule has 0 aliphatic heterocycles. The van der Waals surface area contributed by atoms with E-state index < -0.39 is 0 Å². The van der Waals surface area contributed by atoms with E-state index in [-0.39, 0.29) is 73.3 Å². The Morgan fingerprint density at radius 3 is 0.857 bits per heavy atom. The Bertz CT molecular complexity index is 9.65. The minimum atomic E-state index is 0. The van der Waals surface area contributed by atoms with Crippen LogP contribution in [0, 0.1) is 3.51 Å². The first-order valence-electron chi connectivity index (χ1n) is 0.557. The van der Waals surface area contributed by atoms with E-state index in [0.717, 1.165) is 22.9 Å². The molecule has 0 bridgehead atoms. The average Bonchev–Trinajstić information content (AvgIpc) is 1.50. The molecule has 0 fully saturated rings. The SMILES string of the molecule is [B][B].[NH]=[Sb].[Sb].[Sb].[Sb]. The van der Waals surface area contributed by atoms with Crippen LogP contribution in [-0.2, 0) is 0 Å². The van der Waals surface area contributed by atoms with Crippen molar-refractivity contribution in [3.8, 4) is 0 Å². The van der Waals surface area contributed by atoms with Crippen LogP contribution in [0.2, 0.25) is 0 Å². The molecule has 0 heterocycles. The Labute approximate surface area is 113 Å². The predicted molar refractivity (Wildman–Crippen MR) is 37.2 cm³/mol. The molecule has 1 nitrogen and oxygen atoms in total. The standard InChI is InChI=1S/B2.HN.4Sb/c1-2;;;;;/h;1H;;;;. The van der Waals surface area contributed by atoms with Crippen LogP contribution in [0.5, 0.6) is 0 Å².